The molecule has 0 saturated heterocycles. The molecule has 0 aromatic heterocycles. The Morgan fingerprint density at radius 2 is 1.94 bits per heavy atom. The lowest BCUT2D eigenvalue weighted by Gasteiger charge is -2.11. The fourth-order valence-corrected chi connectivity index (χ4v) is 2.54. The van der Waals surface area contributed by atoms with Gasteiger partial charge in [0.15, 0.2) is 0 Å². The largest absolute Gasteiger partial charge is 0.397 e. The van der Waals surface area contributed by atoms with Crippen LogP contribution < -0.4 is 11.1 Å². The number of nitrogens with two attached hydrogens (primary N) is 1. The third kappa shape index (κ3) is 4.85. The van der Waals surface area contributed by atoms with Gasteiger partial charge in [-0.15, -0.1) is 0 Å². The molecular weight excluding hydrogens is 381 g/mol. The van der Waals surface area contributed by atoms with Crippen molar-refractivity contribution in [1.82, 2.24) is 0 Å². The maximum Gasteiger partial charge on any atom is 0.389 e. The highest BCUT2D eigenvalue weighted by Gasteiger charge is 2.28. The zero-order valence-corrected chi connectivity index (χ0v) is 12.1. The molecule has 0 radical (unpaired) electrons. The molecule has 3 nitrogen and oxygen atoms in total. The van der Waals surface area contributed by atoms with E-state index in [2.05, 4.69) is 37.2 Å². The summed E-state index contributed by atoms with van der Waals surface area (Å²) >= 11 is 6.37. The number of carbonyl (C=O) groups is 1. The smallest absolute Gasteiger partial charge is 0.389 e. The van der Waals surface area contributed by atoms with Crippen molar-refractivity contribution in [3.05, 3.63) is 21.1 Å². The molecule has 0 atom stereocenters. The van der Waals surface area contributed by atoms with Crippen molar-refractivity contribution in [2.24, 2.45) is 0 Å². The Morgan fingerprint density at radius 1 is 1.33 bits per heavy atom. The van der Waals surface area contributed by atoms with Crippen LogP contribution in [0.1, 0.15) is 12.8 Å². The summed E-state index contributed by atoms with van der Waals surface area (Å²) in [4.78, 5) is 11.3. The van der Waals surface area contributed by atoms with Crippen LogP contribution in [0, 0.1) is 0 Å². The average Bonchev–Trinajstić information content (AvgIpc) is 2.19. The van der Waals surface area contributed by atoms with Crippen LogP contribution in [0.3, 0.4) is 0 Å². The molecule has 1 rings (SSSR count). The molecule has 1 amide bonds. The number of nitrogens with one attached hydrogen (secondary N) is 1. The van der Waals surface area contributed by atoms with E-state index in [1.807, 2.05) is 0 Å². The Kier molecular flexibility index (Phi) is 5.03. The lowest BCUT2D eigenvalue weighted by Crippen LogP contribution is -2.17. The minimum absolute atomic E-state index is 0.261. The fraction of sp³-hybridized carbons (Fsp3) is 0.300. The summed E-state index contributed by atoms with van der Waals surface area (Å²) in [5.74, 6) is -0.734. The summed E-state index contributed by atoms with van der Waals surface area (Å²) in [5.41, 5.74) is 6.19. The molecule has 18 heavy (non-hydrogen) atoms. The highest BCUT2D eigenvalue weighted by Crippen LogP contribution is 2.33. The van der Waals surface area contributed by atoms with Gasteiger partial charge >= 0.3 is 6.18 Å². The summed E-state index contributed by atoms with van der Waals surface area (Å²) in [6, 6.07) is 3.18. The van der Waals surface area contributed by atoms with E-state index in [0.29, 0.717) is 8.95 Å². The van der Waals surface area contributed by atoms with Crippen LogP contribution in [-0.4, -0.2) is 12.1 Å². The number of rotatable bonds is 3. The molecule has 0 aliphatic rings. The summed E-state index contributed by atoms with van der Waals surface area (Å²) in [7, 11) is 0. The van der Waals surface area contributed by atoms with Gasteiger partial charge < -0.3 is 11.1 Å². The third-order valence-electron chi connectivity index (χ3n) is 1.99. The summed E-state index contributed by atoms with van der Waals surface area (Å²) in [6.07, 6.45) is -6.14. The fourth-order valence-electron chi connectivity index (χ4n) is 1.18. The van der Waals surface area contributed by atoms with E-state index in [1.165, 1.54) is 0 Å². The van der Waals surface area contributed by atoms with Crippen molar-refractivity contribution in [2.45, 2.75) is 19.0 Å². The Balaban J connectivity index is 2.71. The van der Waals surface area contributed by atoms with Gasteiger partial charge in [0.1, 0.15) is 0 Å². The van der Waals surface area contributed by atoms with Crippen LogP contribution in [0.15, 0.2) is 21.1 Å². The molecule has 0 saturated carbocycles. The predicted molar refractivity (Wildman–Crippen MR) is 70.2 cm³/mol. The number of benzene rings is 1. The summed E-state index contributed by atoms with van der Waals surface area (Å²) in [6.45, 7) is 0. The Labute approximate surface area is 118 Å². The van der Waals surface area contributed by atoms with E-state index in [9.17, 15) is 18.0 Å². The quantitative estimate of drug-likeness (QED) is 0.765. The summed E-state index contributed by atoms with van der Waals surface area (Å²) in [5, 5.41) is 2.35. The molecular formula is C10H9Br2F3N2O. The number of alkyl halides is 3. The first-order valence-corrected chi connectivity index (χ1v) is 6.39. The zero-order chi connectivity index (χ0) is 13.9. The molecule has 3 N–H and O–H groups in total. The number of halogens is 5. The highest BCUT2D eigenvalue weighted by molar-refractivity contribution is 9.11. The van der Waals surface area contributed by atoms with Gasteiger partial charge in [0.25, 0.3) is 0 Å². The molecule has 0 heterocycles. The highest BCUT2D eigenvalue weighted by atomic mass is 79.9. The first-order chi connectivity index (χ1) is 8.19. The standard InChI is InChI=1S/C10H9Br2F3N2O/c11-5-3-6(12)9(7(16)4-5)17-8(18)1-2-10(13,14)15/h3-4H,1-2,16H2,(H,17,18). The number of nitrogen functional groups attached to an aromatic ring is 1. The van der Waals surface area contributed by atoms with Crippen molar-refractivity contribution >= 4 is 49.1 Å². The van der Waals surface area contributed by atoms with Gasteiger partial charge in [-0.3, -0.25) is 4.79 Å². The van der Waals surface area contributed by atoms with Crippen LogP contribution >= 0.6 is 31.9 Å². The Morgan fingerprint density at radius 3 is 2.44 bits per heavy atom. The molecule has 8 heteroatoms. The van der Waals surface area contributed by atoms with Crippen LogP contribution in [0.2, 0.25) is 0 Å². The minimum atomic E-state index is -4.35. The second kappa shape index (κ2) is 5.92. The molecule has 1 aromatic rings. The Hall–Kier alpha value is -0.760. The van der Waals surface area contributed by atoms with Crippen LogP contribution in [0.25, 0.3) is 0 Å². The zero-order valence-electron chi connectivity index (χ0n) is 8.94. The molecule has 0 spiro atoms. The SMILES string of the molecule is Nc1cc(Br)cc(Br)c1NC(=O)CCC(F)(F)F. The maximum absolute atomic E-state index is 11.9. The Bertz CT molecular complexity index is 440. The predicted octanol–water partition coefficient (Wildman–Crippen LogP) is 4.07. The maximum atomic E-state index is 11.9. The van der Waals surface area contributed by atoms with Crippen molar-refractivity contribution in [2.75, 3.05) is 11.1 Å². The van der Waals surface area contributed by atoms with Gasteiger partial charge in [0, 0.05) is 15.4 Å². The molecule has 0 unspecified atom stereocenters. The number of hydrogen-bond acceptors (Lipinski definition) is 2. The summed E-state index contributed by atoms with van der Waals surface area (Å²) < 4.78 is 37.0. The molecule has 0 aliphatic carbocycles. The van der Waals surface area contributed by atoms with E-state index in [0.717, 1.165) is 0 Å². The third-order valence-corrected chi connectivity index (χ3v) is 3.07. The molecule has 1 aromatic carbocycles. The van der Waals surface area contributed by atoms with Gasteiger partial charge in [-0.05, 0) is 28.1 Å². The van der Waals surface area contributed by atoms with Crippen molar-refractivity contribution in [3.63, 3.8) is 0 Å². The van der Waals surface area contributed by atoms with Gasteiger partial charge in [-0.25, -0.2) is 0 Å². The minimum Gasteiger partial charge on any atom is -0.397 e. The second-order valence-corrected chi connectivity index (χ2v) is 5.29. The van der Waals surface area contributed by atoms with Crippen molar-refractivity contribution in [1.29, 1.82) is 0 Å². The second-order valence-electron chi connectivity index (χ2n) is 3.52. The monoisotopic (exact) mass is 388 g/mol. The first kappa shape index (κ1) is 15.3. The van der Waals surface area contributed by atoms with Crippen LogP contribution in [-0.2, 0) is 4.79 Å². The van der Waals surface area contributed by atoms with E-state index in [1.54, 1.807) is 12.1 Å². The number of carbonyl (C=O) groups excluding carboxylic acids is 1. The van der Waals surface area contributed by atoms with Crippen molar-refractivity contribution in [3.8, 4) is 0 Å². The van der Waals surface area contributed by atoms with Gasteiger partial charge in [-0.2, -0.15) is 13.2 Å². The van der Waals surface area contributed by atoms with E-state index >= 15 is 0 Å². The molecule has 0 fully saturated rings. The topological polar surface area (TPSA) is 55.1 Å². The van der Waals surface area contributed by atoms with Gasteiger partial charge in [0.05, 0.1) is 17.8 Å². The van der Waals surface area contributed by atoms with Gasteiger partial charge in [-0.1, -0.05) is 15.9 Å². The van der Waals surface area contributed by atoms with Crippen molar-refractivity contribution < 1.29 is 18.0 Å². The van der Waals surface area contributed by atoms with E-state index < -0.39 is 24.9 Å². The first-order valence-electron chi connectivity index (χ1n) is 4.80. The molecule has 0 bridgehead atoms. The van der Waals surface area contributed by atoms with Crippen LogP contribution in [0.5, 0.6) is 0 Å². The molecule has 0 aliphatic heterocycles. The lowest BCUT2D eigenvalue weighted by molar-refractivity contribution is -0.142. The van der Waals surface area contributed by atoms with E-state index in [4.69, 9.17) is 5.73 Å². The normalized spacial score (nSPS) is 11.4. The average molecular weight is 390 g/mol. The number of hydrogen-bond donors (Lipinski definition) is 2. The lowest BCUT2D eigenvalue weighted by atomic mass is 10.2. The van der Waals surface area contributed by atoms with Gasteiger partial charge in [0.2, 0.25) is 5.91 Å². The molecule has 100 valence electrons. The number of amides is 1. The van der Waals surface area contributed by atoms with E-state index in [-0.39, 0.29) is 11.4 Å². The van der Waals surface area contributed by atoms with Crippen LogP contribution in [0.4, 0.5) is 24.5 Å². The number of anilines is 2.